The van der Waals surface area contributed by atoms with Gasteiger partial charge < -0.3 is 10.1 Å². The van der Waals surface area contributed by atoms with Crippen LogP contribution in [0.2, 0.25) is 0 Å². The van der Waals surface area contributed by atoms with E-state index in [0.29, 0.717) is 13.1 Å². The fraction of sp³-hybridized carbons (Fsp3) is 0.571. The monoisotopic (exact) mass is 361 g/mol. The molecule has 1 aliphatic heterocycles. The highest BCUT2D eigenvalue weighted by molar-refractivity contribution is 9.10. The lowest BCUT2D eigenvalue weighted by Crippen LogP contribution is -2.44. The van der Waals surface area contributed by atoms with Crippen LogP contribution in [0, 0.1) is 0 Å². The average molecular weight is 362 g/mol. The lowest BCUT2D eigenvalue weighted by Gasteiger charge is -2.23. The molecule has 1 N–H and O–H groups in total. The number of halogens is 1. The third kappa shape index (κ3) is 3.54. The first-order valence-electron chi connectivity index (χ1n) is 6.54. The summed E-state index contributed by atoms with van der Waals surface area (Å²) in [5, 5.41) is 3.21. The van der Waals surface area contributed by atoms with Gasteiger partial charge in [0.05, 0.1) is 4.75 Å². The highest BCUT2D eigenvalue weighted by Gasteiger charge is 2.30. The minimum absolute atomic E-state index is 0.0645. The fourth-order valence-corrected chi connectivity index (χ4v) is 2.84. The van der Waals surface area contributed by atoms with Gasteiger partial charge in [0.25, 0.3) is 0 Å². The fourth-order valence-electron chi connectivity index (χ4n) is 2.07. The topological polar surface area (TPSA) is 55.4 Å². The Bertz CT molecular complexity index is 598. The van der Waals surface area contributed by atoms with Crippen LogP contribution in [0.15, 0.2) is 22.7 Å². The van der Waals surface area contributed by atoms with E-state index in [-0.39, 0.29) is 6.10 Å². The van der Waals surface area contributed by atoms with E-state index in [2.05, 4.69) is 27.3 Å². The third-order valence-corrected chi connectivity index (χ3v) is 6.34. The smallest absolute Gasteiger partial charge is 0.153 e. The Labute approximate surface area is 129 Å². The molecule has 0 bridgehead atoms. The van der Waals surface area contributed by atoms with E-state index in [4.69, 9.17) is 4.74 Å². The molecule has 6 heteroatoms. The quantitative estimate of drug-likeness (QED) is 0.872. The van der Waals surface area contributed by atoms with Crippen molar-refractivity contribution in [2.24, 2.45) is 0 Å². The largest absolute Gasteiger partial charge is 0.488 e. The molecule has 2 rings (SSSR count). The van der Waals surface area contributed by atoms with Crippen molar-refractivity contribution in [3.05, 3.63) is 28.2 Å². The second-order valence-electron chi connectivity index (χ2n) is 5.86. The number of sulfone groups is 1. The van der Waals surface area contributed by atoms with Gasteiger partial charge in [0.1, 0.15) is 11.9 Å². The summed E-state index contributed by atoms with van der Waals surface area (Å²) in [7, 11) is -3.07. The Morgan fingerprint density at radius 1 is 1.45 bits per heavy atom. The van der Waals surface area contributed by atoms with E-state index >= 15 is 0 Å². The molecule has 4 nitrogen and oxygen atoms in total. The van der Waals surface area contributed by atoms with E-state index in [0.717, 1.165) is 16.6 Å². The summed E-state index contributed by atoms with van der Waals surface area (Å²) in [4.78, 5) is 0. The van der Waals surface area contributed by atoms with Crippen molar-refractivity contribution in [2.75, 3.05) is 19.3 Å². The van der Waals surface area contributed by atoms with Crippen LogP contribution in [0.3, 0.4) is 0 Å². The van der Waals surface area contributed by atoms with Crippen molar-refractivity contribution >= 4 is 25.8 Å². The molecule has 1 atom stereocenters. The van der Waals surface area contributed by atoms with Gasteiger partial charge in [-0.15, -0.1) is 0 Å². The van der Waals surface area contributed by atoms with E-state index in [1.165, 1.54) is 11.8 Å². The van der Waals surface area contributed by atoms with Gasteiger partial charge in [-0.1, -0.05) is 15.9 Å². The maximum absolute atomic E-state index is 11.6. The molecular weight excluding hydrogens is 342 g/mol. The maximum atomic E-state index is 11.6. The molecule has 1 unspecified atom stereocenters. The Morgan fingerprint density at radius 2 is 2.15 bits per heavy atom. The lowest BCUT2D eigenvalue weighted by molar-refractivity contribution is 0.226. The van der Waals surface area contributed by atoms with E-state index in [1.54, 1.807) is 13.8 Å². The standard InChI is InChI=1S/C14H20BrNO3S/c1-14(2,20(3,17)18)9-16-8-12-7-10-6-11(15)4-5-13(10)19-12/h4-6,12,16H,7-9H2,1-3H3. The third-order valence-electron chi connectivity index (χ3n) is 3.69. The van der Waals surface area contributed by atoms with Crippen LogP contribution in [-0.2, 0) is 16.3 Å². The molecule has 0 spiro atoms. The number of hydrogen-bond donors (Lipinski definition) is 1. The van der Waals surface area contributed by atoms with Gasteiger partial charge in [-0.3, -0.25) is 0 Å². The number of rotatable bonds is 5. The molecular formula is C14H20BrNO3S. The molecule has 20 heavy (non-hydrogen) atoms. The van der Waals surface area contributed by atoms with Gasteiger partial charge in [-0.05, 0) is 37.6 Å². The van der Waals surface area contributed by atoms with Gasteiger partial charge in [0, 0.05) is 30.2 Å². The minimum atomic E-state index is -3.07. The van der Waals surface area contributed by atoms with Crippen molar-refractivity contribution in [2.45, 2.75) is 31.1 Å². The molecule has 1 aliphatic rings. The van der Waals surface area contributed by atoms with Crippen LogP contribution in [0.25, 0.3) is 0 Å². The van der Waals surface area contributed by atoms with Gasteiger partial charge in [-0.2, -0.15) is 0 Å². The molecule has 1 aromatic rings. The van der Waals surface area contributed by atoms with Crippen LogP contribution in [-0.4, -0.2) is 38.6 Å². The van der Waals surface area contributed by atoms with E-state index in [9.17, 15) is 8.42 Å². The first-order chi connectivity index (χ1) is 9.19. The van der Waals surface area contributed by atoms with Crippen LogP contribution in [0.1, 0.15) is 19.4 Å². The summed E-state index contributed by atoms with van der Waals surface area (Å²) in [6.45, 7) is 4.53. The Kier molecular flexibility index (Phi) is 4.47. The zero-order valence-electron chi connectivity index (χ0n) is 11.9. The zero-order chi connectivity index (χ0) is 15.0. The zero-order valence-corrected chi connectivity index (χ0v) is 14.3. The molecule has 0 fully saturated rings. The lowest BCUT2D eigenvalue weighted by atomic mass is 10.1. The molecule has 0 saturated heterocycles. The van der Waals surface area contributed by atoms with Gasteiger partial charge >= 0.3 is 0 Å². The molecule has 0 radical (unpaired) electrons. The van der Waals surface area contributed by atoms with Crippen LogP contribution in [0.4, 0.5) is 0 Å². The summed E-state index contributed by atoms with van der Waals surface area (Å²) in [5.41, 5.74) is 1.19. The first-order valence-corrected chi connectivity index (χ1v) is 9.23. The number of ether oxygens (including phenoxy) is 1. The summed E-state index contributed by atoms with van der Waals surface area (Å²) in [6, 6.07) is 5.98. The van der Waals surface area contributed by atoms with Crippen molar-refractivity contribution in [1.82, 2.24) is 5.32 Å². The summed E-state index contributed by atoms with van der Waals surface area (Å²) >= 11 is 3.45. The molecule has 112 valence electrons. The Morgan fingerprint density at radius 3 is 2.80 bits per heavy atom. The molecule has 0 amide bonds. The highest BCUT2D eigenvalue weighted by Crippen LogP contribution is 2.31. The van der Waals surface area contributed by atoms with Crippen LogP contribution >= 0.6 is 15.9 Å². The summed E-state index contributed by atoms with van der Waals surface area (Å²) in [5.74, 6) is 0.919. The Balaban J connectivity index is 1.86. The molecule has 0 saturated carbocycles. The van der Waals surface area contributed by atoms with E-state index in [1.807, 2.05) is 12.1 Å². The first kappa shape index (κ1) is 15.8. The minimum Gasteiger partial charge on any atom is -0.488 e. The molecule has 1 aromatic carbocycles. The van der Waals surface area contributed by atoms with Gasteiger partial charge in [0.2, 0.25) is 0 Å². The van der Waals surface area contributed by atoms with E-state index < -0.39 is 14.6 Å². The second kappa shape index (κ2) is 5.66. The summed E-state index contributed by atoms with van der Waals surface area (Å²) < 4.78 is 29.4. The number of fused-ring (bicyclic) bond motifs is 1. The normalized spacial score (nSPS) is 18.7. The number of nitrogens with one attached hydrogen (secondary N) is 1. The highest BCUT2D eigenvalue weighted by atomic mass is 79.9. The van der Waals surface area contributed by atoms with Crippen molar-refractivity contribution in [3.63, 3.8) is 0 Å². The molecule has 1 heterocycles. The predicted molar refractivity (Wildman–Crippen MR) is 84.1 cm³/mol. The van der Waals surface area contributed by atoms with Crippen LogP contribution < -0.4 is 10.1 Å². The Hall–Kier alpha value is -0.590. The number of benzene rings is 1. The SMILES string of the molecule is CC(C)(CNCC1Cc2cc(Br)ccc2O1)S(C)(=O)=O. The second-order valence-corrected chi connectivity index (χ2v) is 9.42. The van der Waals surface area contributed by atoms with Crippen molar-refractivity contribution < 1.29 is 13.2 Å². The average Bonchev–Trinajstić information content (AvgIpc) is 2.68. The maximum Gasteiger partial charge on any atom is 0.153 e. The van der Waals surface area contributed by atoms with Crippen molar-refractivity contribution in [1.29, 1.82) is 0 Å². The summed E-state index contributed by atoms with van der Waals surface area (Å²) in [6.07, 6.45) is 2.18. The van der Waals surface area contributed by atoms with Gasteiger partial charge in [0.15, 0.2) is 9.84 Å². The van der Waals surface area contributed by atoms with Crippen LogP contribution in [0.5, 0.6) is 5.75 Å². The van der Waals surface area contributed by atoms with Crippen molar-refractivity contribution in [3.8, 4) is 5.75 Å². The molecule has 0 aromatic heterocycles. The van der Waals surface area contributed by atoms with Gasteiger partial charge in [-0.25, -0.2) is 8.42 Å². The predicted octanol–water partition coefficient (Wildman–Crippen LogP) is 2.17. The number of hydrogen-bond acceptors (Lipinski definition) is 4. The molecule has 0 aliphatic carbocycles.